The molecule has 0 radical (unpaired) electrons. The maximum Gasteiger partial charge on any atom is 0.271 e. The first kappa shape index (κ1) is 24.6. The highest BCUT2D eigenvalue weighted by molar-refractivity contribution is 5.96. The zero-order chi connectivity index (χ0) is 24.2. The van der Waals surface area contributed by atoms with Crippen molar-refractivity contribution in [2.45, 2.75) is 27.4 Å². The van der Waals surface area contributed by atoms with Crippen LogP contribution in [-0.4, -0.2) is 31.9 Å². The monoisotopic (exact) mass is 462 g/mol. The molecule has 1 N–H and O–H groups in total. The molecule has 3 aromatic carbocycles. The number of hydrogen-bond donors (Lipinski definition) is 1. The molecule has 1 amide bonds. The zero-order valence-corrected chi connectivity index (χ0v) is 19.7. The Bertz CT molecular complexity index is 1050. The number of hydrogen-bond acceptors (Lipinski definition) is 6. The highest BCUT2D eigenvalue weighted by Gasteiger charge is 2.18. The van der Waals surface area contributed by atoms with Crippen LogP contribution >= 0.6 is 0 Å². The highest BCUT2D eigenvalue weighted by atomic mass is 16.5. The van der Waals surface area contributed by atoms with E-state index < -0.39 is 0 Å². The van der Waals surface area contributed by atoms with Crippen LogP contribution in [0, 0.1) is 0 Å². The molecule has 0 aromatic heterocycles. The van der Waals surface area contributed by atoms with Crippen molar-refractivity contribution in [1.29, 1.82) is 0 Å². The second-order valence-electron chi connectivity index (χ2n) is 7.14. The summed E-state index contributed by atoms with van der Waals surface area (Å²) >= 11 is 0. The Morgan fingerprint density at radius 2 is 1.44 bits per heavy atom. The van der Waals surface area contributed by atoms with Crippen molar-refractivity contribution in [3.05, 3.63) is 83.4 Å². The highest BCUT2D eigenvalue weighted by Crippen LogP contribution is 2.39. The SMILES string of the molecule is CCOc1cc(C(=O)N/N=C/c2ccc(OCc3ccccc3)cc2)cc(OCC)c1OCC. The first-order valence-electron chi connectivity index (χ1n) is 11.3. The fourth-order valence-corrected chi connectivity index (χ4v) is 3.14. The quantitative estimate of drug-likeness (QED) is 0.295. The van der Waals surface area contributed by atoms with Crippen molar-refractivity contribution >= 4 is 12.1 Å². The standard InChI is InChI=1S/C27H30N2O5/c1-4-31-24-16-22(17-25(32-5-2)26(24)33-6-3)27(30)29-28-18-20-12-14-23(15-13-20)34-19-21-10-8-7-9-11-21/h7-18H,4-6,19H2,1-3H3,(H,29,30)/b28-18+. The summed E-state index contributed by atoms with van der Waals surface area (Å²) in [6.45, 7) is 7.42. The van der Waals surface area contributed by atoms with Gasteiger partial charge >= 0.3 is 0 Å². The van der Waals surface area contributed by atoms with E-state index in [2.05, 4.69) is 10.5 Å². The summed E-state index contributed by atoms with van der Waals surface area (Å²) in [6, 6.07) is 20.7. The fraction of sp³-hybridized carbons (Fsp3) is 0.259. The molecule has 0 bridgehead atoms. The van der Waals surface area contributed by atoms with Crippen LogP contribution in [0.25, 0.3) is 0 Å². The lowest BCUT2D eigenvalue weighted by Crippen LogP contribution is -2.18. The number of nitrogens with zero attached hydrogens (tertiary/aromatic N) is 1. The summed E-state index contributed by atoms with van der Waals surface area (Å²) in [5, 5.41) is 4.07. The molecule has 0 aliphatic rings. The van der Waals surface area contributed by atoms with Crippen LogP contribution in [0.15, 0.2) is 71.8 Å². The summed E-state index contributed by atoms with van der Waals surface area (Å²) in [4.78, 5) is 12.7. The Labute approximate surface area is 200 Å². The predicted octanol–water partition coefficient (Wildman–Crippen LogP) is 5.23. The molecule has 0 unspecified atom stereocenters. The molecular weight excluding hydrogens is 432 g/mol. The van der Waals surface area contributed by atoms with Crippen LogP contribution in [0.3, 0.4) is 0 Å². The van der Waals surface area contributed by atoms with E-state index >= 15 is 0 Å². The van der Waals surface area contributed by atoms with Gasteiger partial charge in [0, 0.05) is 5.56 Å². The number of carbonyl (C=O) groups excluding carboxylic acids is 1. The lowest BCUT2D eigenvalue weighted by molar-refractivity contribution is 0.0954. The smallest absolute Gasteiger partial charge is 0.271 e. The van der Waals surface area contributed by atoms with Crippen LogP contribution in [0.1, 0.15) is 42.3 Å². The Morgan fingerprint density at radius 1 is 0.824 bits per heavy atom. The normalized spacial score (nSPS) is 10.7. The molecule has 0 aliphatic heterocycles. The van der Waals surface area contributed by atoms with Gasteiger partial charge in [-0.1, -0.05) is 30.3 Å². The van der Waals surface area contributed by atoms with E-state index in [1.54, 1.807) is 18.3 Å². The molecule has 34 heavy (non-hydrogen) atoms. The molecule has 0 aliphatic carbocycles. The van der Waals surface area contributed by atoms with Crippen LogP contribution < -0.4 is 24.4 Å². The molecule has 0 heterocycles. The van der Waals surface area contributed by atoms with E-state index in [4.69, 9.17) is 18.9 Å². The van der Waals surface area contributed by atoms with Gasteiger partial charge in [0.25, 0.3) is 5.91 Å². The molecule has 3 rings (SSSR count). The van der Waals surface area contributed by atoms with Gasteiger partial charge in [-0.05, 0) is 68.3 Å². The molecule has 178 valence electrons. The Morgan fingerprint density at radius 3 is 2.03 bits per heavy atom. The number of ether oxygens (including phenoxy) is 4. The largest absolute Gasteiger partial charge is 0.490 e. The molecule has 3 aromatic rings. The minimum Gasteiger partial charge on any atom is -0.490 e. The van der Waals surface area contributed by atoms with Gasteiger partial charge in [-0.25, -0.2) is 5.43 Å². The van der Waals surface area contributed by atoms with Gasteiger partial charge in [0.05, 0.1) is 26.0 Å². The molecule has 0 saturated carbocycles. The number of amides is 1. The van der Waals surface area contributed by atoms with Gasteiger partial charge in [0.15, 0.2) is 11.5 Å². The number of nitrogens with one attached hydrogen (secondary N) is 1. The van der Waals surface area contributed by atoms with E-state index in [9.17, 15) is 4.79 Å². The maximum absolute atomic E-state index is 12.7. The fourth-order valence-electron chi connectivity index (χ4n) is 3.14. The zero-order valence-electron chi connectivity index (χ0n) is 19.7. The predicted molar refractivity (Wildman–Crippen MR) is 132 cm³/mol. The first-order chi connectivity index (χ1) is 16.6. The number of hydrazone groups is 1. The lowest BCUT2D eigenvalue weighted by atomic mass is 10.1. The van der Waals surface area contributed by atoms with E-state index in [0.29, 0.717) is 49.2 Å². The Kier molecular flexibility index (Phi) is 9.34. The van der Waals surface area contributed by atoms with Crippen LogP contribution in [0.5, 0.6) is 23.0 Å². The van der Waals surface area contributed by atoms with Crippen molar-refractivity contribution in [2.75, 3.05) is 19.8 Å². The van der Waals surface area contributed by atoms with Crippen LogP contribution in [0.2, 0.25) is 0 Å². The molecule has 0 atom stereocenters. The van der Waals surface area contributed by atoms with Gasteiger partial charge in [0.1, 0.15) is 12.4 Å². The van der Waals surface area contributed by atoms with E-state index in [1.807, 2.05) is 75.4 Å². The van der Waals surface area contributed by atoms with Crippen molar-refractivity contribution in [3.63, 3.8) is 0 Å². The minimum absolute atomic E-state index is 0.358. The van der Waals surface area contributed by atoms with Crippen LogP contribution in [-0.2, 0) is 6.61 Å². The number of carbonyl (C=O) groups is 1. The van der Waals surface area contributed by atoms with E-state index in [-0.39, 0.29) is 5.91 Å². The van der Waals surface area contributed by atoms with E-state index in [1.165, 1.54) is 0 Å². The van der Waals surface area contributed by atoms with E-state index in [0.717, 1.165) is 16.9 Å². The summed E-state index contributed by atoms with van der Waals surface area (Å²) in [6.07, 6.45) is 1.57. The molecule has 7 heteroatoms. The Hall–Kier alpha value is -4.00. The third kappa shape index (κ3) is 7.00. The van der Waals surface area contributed by atoms with Gasteiger partial charge in [-0.15, -0.1) is 0 Å². The molecule has 7 nitrogen and oxygen atoms in total. The average Bonchev–Trinajstić information content (AvgIpc) is 2.86. The molecular formula is C27H30N2O5. The topological polar surface area (TPSA) is 78.4 Å². The van der Waals surface area contributed by atoms with Crippen molar-refractivity contribution in [2.24, 2.45) is 5.10 Å². The molecule has 0 saturated heterocycles. The molecule has 0 spiro atoms. The summed E-state index contributed by atoms with van der Waals surface area (Å²) in [5.74, 6) is 1.77. The third-order valence-corrected chi connectivity index (χ3v) is 4.68. The Balaban J connectivity index is 1.63. The third-order valence-electron chi connectivity index (χ3n) is 4.68. The van der Waals surface area contributed by atoms with Crippen molar-refractivity contribution in [3.8, 4) is 23.0 Å². The summed E-state index contributed by atoms with van der Waals surface area (Å²) < 4.78 is 22.8. The van der Waals surface area contributed by atoms with Gasteiger partial charge in [-0.2, -0.15) is 5.10 Å². The average molecular weight is 463 g/mol. The summed E-state index contributed by atoms with van der Waals surface area (Å²) in [7, 11) is 0. The van der Waals surface area contributed by atoms with Crippen LogP contribution in [0.4, 0.5) is 0 Å². The maximum atomic E-state index is 12.7. The lowest BCUT2D eigenvalue weighted by Gasteiger charge is -2.16. The second-order valence-corrected chi connectivity index (χ2v) is 7.14. The van der Waals surface area contributed by atoms with Gasteiger partial charge in [0.2, 0.25) is 5.75 Å². The second kappa shape index (κ2) is 12.9. The van der Waals surface area contributed by atoms with Crippen molar-refractivity contribution in [1.82, 2.24) is 5.43 Å². The van der Waals surface area contributed by atoms with Crippen molar-refractivity contribution < 1.29 is 23.7 Å². The number of benzene rings is 3. The first-order valence-corrected chi connectivity index (χ1v) is 11.3. The number of rotatable bonds is 12. The van der Waals surface area contributed by atoms with Gasteiger partial charge in [-0.3, -0.25) is 4.79 Å². The van der Waals surface area contributed by atoms with Gasteiger partial charge < -0.3 is 18.9 Å². The summed E-state index contributed by atoms with van der Waals surface area (Å²) in [5.41, 5.74) is 4.83. The minimum atomic E-state index is -0.385. The molecule has 0 fully saturated rings.